The molecule has 0 saturated heterocycles. The highest BCUT2D eigenvalue weighted by molar-refractivity contribution is 7.15. The van der Waals surface area contributed by atoms with Gasteiger partial charge >= 0.3 is 0 Å². The van der Waals surface area contributed by atoms with Crippen molar-refractivity contribution in [3.05, 3.63) is 21.9 Å². The quantitative estimate of drug-likeness (QED) is 0.669. The molecule has 1 amide bonds. The molecule has 0 saturated carbocycles. The summed E-state index contributed by atoms with van der Waals surface area (Å²) in [5, 5.41) is 2.47. The maximum absolute atomic E-state index is 10.9. The van der Waals surface area contributed by atoms with Crippen molar-refractivity contribution in [1.82, 2.24) is 5.32 Å². The summed E-state index contributed by atoms with van der Waals surface area (Å²) in [6, 6.07) is 3.26. The minimum absolute atomic E-state index is 0.150. The third-order valence-electron chi connectivity index (χ3n) is 1.19. The molecule has 0 unspecified atom stereocenters. The van der Waals surface area contributed by atoms with Crippen molar-refractivity contribution in [3.8, 4) is 0 Å². The zero-order valence-corrected chi connectivity index (χ0v) is 6.77. The minimum Gasteiger partial charge on any atom is -0.354 e. The number of aldehydes is 1. The Labute approximate surface area is 68.0 Å². The lowest BCUT2D eigenvalue weighted by Crippen LogP contribution is -2.15. The predicted octanol–water partition coefficient (Wildman–Crippen LogP) is 0.920. The average Bonchev–Trinajstić information content (AvgIpc) is 2.50. The van der Waals surface area contributed by atoms with Crippen LogP contribution in [0.15, 0.2) is 12.1 Å². The van der Waals surface area contributed by atoms with Gasteiger partial charge in [0.25, 0.3) is 5.91 Å². The Morgan fingerprint density at radius 2 is 2.36 bits per heavy atom. The number of carbonyl (C=O) groups excluding carboxylic acids is 2. The predicted molar refractivity (Wildman–Crippen MR) is 43.1 cm³/mol. The van der Waals surface area contributed by atoms with E-state index in [9.17, 15) is 9.59 Å². The van der Waals surface area contributed by atoms with E-state index in [2.05, 4.69) is 5.32 Å². The largest absolute Gasteiger partial charge is 0.354 e. The van der Waals surface area contributed by atoms with E-state index in [4.69, 9.17) is 0 Å². The van der Waals surface area contributed by atoms with Gasteiger partial charge in [0.05, 0.1) is 9.75 Å². The van der Waals surface area contributed by atoms with Crippen LogP contribution >= 0.6 is 11.3 Å². The second-order valence-corrected chi connectivity index (χ2v) is 3.01. The molecule has 1 heterocycles. The van der Waals surface area contributed by atoms with Crippen LogP contribution in [0.3, 0.4) is 0 Å². The maximum Gasteiger partial charge on any atom is 0.261 e. The van der Waals surface area contributed by atoms with Crippen LogP contribution in [0.4, 0.5) is 0 Å². The van der Waals surface area contributed by atoms with E-state index in [1.165, 1.54) is 11.3 Å². The first-order valence-electron chi connectivity index (χ1n) is 3.05. The molecular formula is C7H7NO2S. The SMILES string of the molecule is CNC(=O)c1ccc(C=O)s1. The van der Waals surface area contributed by atoms with Crippen LogP contribution in [-0.4, -0.2) is 19.2 Å². The fraction of sp³-hybridized carbons (Fsp3) is 0.143. The molecule has 1 aromatic heterocycles. The van der Waals surface area contributed by atoms with Gasteiger partial charge in [0.1, 0.15) is 0 Å². The van der Waals surface area contributed by atoms with Gasteiger partial charge in [-0.15, -0.1) is 11.3 Å². The first kappa shape index (κ1) is 7.94. The van der Waals surface area contributed by atoms with Crippen LogP contribution in [0.2, 0.25) is 0 Å². The molecule has 0 aromatic carbocycles. The van der Waals surface area contributed by atoms with E-state index in [1.54, 1.807) is 19.2 Å². The van der Waals surface area contributed by atoms with Gasteiger partial charge in [0.2, 0.25) is 0 Å². The molecule has 0 spiro atoms. The van der Waals surface area contributed by atoms with Gasteiger partial charge in [-0.25, -0.2) is 0 Å². The third kappa shape index (κ3) is 1.65. The Morgan fingerprint density at radius 3 is 2.82 bits per heavy atom. The summed E-state index contributed by atoms with van der Waals surface area (Å²) in [4.78, 5) is 22.3. The number of amides is 1. The summed E-state index contributed by atoms with van der Waals surface area (Å²) in [5.74, 6) is -0.150. The lowest BCUT2D eigenvalue weighted by molar-refractivity contribution is 0.0967. The van der Waals surface area contributed by atoms with Crippen molar-refractivity contribution in [2.24, 2.45) is 0 Å². The number of hydrogen-bond donors (Lipinski definition) is 1. The van der Waals surface area contributed by atoms with Gasteiger partial charge in [0.15, 0.2) is 6.29 Å². The van der Waals surface area contributed by atoms with Crippen molar-refractivity contribution in [1.29, 1.82) is 0 Å². The summed E-state index contributed by atoms with van der Waals surface area (Å²) in [6.07, 6.45) is 0.733. The molecular weight excluding hydrogens is 162 g/mol. The maximum atomic E-state index is 10.9. The van der Waals surface area contributed by atoms with E-state index in [1.807, 2.05) is 0 Å². The minimum atomic E-state index is -0.150. The Hall–Kier alpha value is -1.16. The first-order valence-corrected chi connectivity index (χ1v) is 3.86. The van der Waals surface area contributed by atoms with Crippen molar-refractivity contribution >= 4 is 23.5 Å². The van der Waals surface area contributed by atoms with Crippen molar-refractivity contribution in [2.45, 2.75) is 0 Å². The first-order chi connectivity index (χ1) is 5.27. The molecule has 1 aromatic rings. The van der Waals surface area contributed by atoms with Gasteiger partial charge in [-0.05, 0) is 12.1 Å². The fourth-order valence-electron chi connectivity index (χ4n) is 0.661. The van der Waals surface area contributed by atoms with Crippen LogP contribution in [0, 0.1) is 0 Å². The Morgan fingerprint density at radius 1 is 1.64 bits per heavy atom. The number of thiophene rings is 1. The van der Waals surface area contributed by atoms with Gasteiger partial charge < -0.3 is 5.32 Å². The number of hydrogen-bond acceptors (Lipinski definition) is 3. The molecule has 0 fully saturated rings. The van der Waals surface area contributed by atoms with Crippen LogP contribution in [0.25, 0.3) is 0 Å². The second kappa shape index (κ2) is 3.30. The van der Waals surface area contributed by atoms with E-state index in [0.29, 0.717) is 9.75 Å². The number of carbonyl (C=O) groups is 2. The molecule has 0 aliphatic rings. The highest BCUT2D eigenvalue weighted by Crippen LogP contribution is 2.13. The molecule has 0 atom stereocenters. The molecule has 58 valence electrons. The summed E-state index contributed by atoms with van der Waals surface area (Å²) >= 11 is 1.19. The Balaban J connectivity index is 2.88. The van der Waals surface area contributed by atoms with Crippen LogP contribution < -0.4 is 5.32 Å². The zero-order valence-electron chi connectivity index (χ0n) is 5.96. The summed E-state index contributed by atoms with van der Waals surface area (Å²) in [7, 11) is 1.56. The lowest BCUT2D eigenvalue weighted by Gasteiger charge is -1.90. The molecule has 4 heteroatoms. The molecule has 1 N–H and O–H groups in total. The second-order valence-electron chi connectivity index (χ2n) is 1.90. The average molecular weight is 169 g/mol. The normalized spacial score (nSPS) is 9.18. The Bertz CT molecular complexity index is 280. The van der Waals surface area contributed by atoms with E-state index >= 15 is 0 Å². The molecule has 0 bridgehead atoms. The lowest BCUT2D eigenvalue weighted by atomic mass is 10.4. The van der Waals surface area contributed by atoms with Crippen LogP contribution in [0.5, 0.6) is 0 Å². The highest BCUT2D eigenvalue weighted by Gasteiger charge is 2.05. The zero-order chi connectivity index (χ0) is 8.27. The highest BCUT2D eigenvalue weighted by atomic mass is 32.1. The molecule has 0 aliphatic heterocycles. The molecule has 0 radical (unpaired) electrons. The Kier molecular flexibility index (Phi) is 2.38. The van der Waals surface area contributed by atoms with Gasteiger partial charge in [-0.1, -0.05) is 0 Å². The standard InChI is InChI=1S/C7H7NO2S/c1-8-7(10)6-3-2-5(4-9)11-6/h2-4H,1H3,(H,8,10). The molecule has 11 heavy (non-hydrogen) atoms. The molecule has 0 aliphatic carbocycles. The smallest absolute Gasteiger partial charge is 0.261 e. The van der Waals surface area contributed by atoms with Gasteiger partial charge in [-0.3, -0.25) is 9.59 Å². The van der Waals surface area contributed by atoms with Crippen LogP contribution in [0.1, 0.15) is 19.3 Å². The van der Waals surface area contributed by atoms with Gasteiger partial charge in [0, 0.05) is 7.05 Å². The van der Waals surface area contributed by atoms with Crippen molar-refractivity contribution < 1.29 is 9.59 Å². The molecule has 1 rings (SSSR count). The number of rotatable bonds is 2. The number of nitrogens with one attached hydrogen (secondary N) is 1. The van der Waals surface area contributed by atoms with Crippen LogP contribution in [-0.2, 0) is 0 Å². The topological polar surface area (TPSA) is 46.2 Å². The van der Waals surface area contributed by atoms with E-state index in [-0.39, 0.29) is 5.91 Å². The van der Waals surface area contributed by atoms with E-state index in [0.717, 1.165) is 6.29 Å². The van der Waals surface area contributed by atoms with E-state index < -0.39 is 0 Å². The summed E-state index contributed by atoms with van der Waals surface area (Å²) < 4.78 is 0. The summed E-state index contributed by atoms with van der Waals surface area (Å²) in [6.45, 7) is 0. The van der Waals surface area contributed by atoms with Gasteiger partial charge in [-0.2, -0.15) is 0 Å². The molecule has 3 nitrogen and oxygen atoms in total. The fourth-order valence-corrected chi connectivity index (χ4v) is 1.43. The summed E-state index contributed by atoms with van der Waals surface area (Å²) in [5.41, 5.74) is 0. The monoisotopic (exact) mass is 169 g/mol. The van der Waals surface area contributed by atoms with Crippen molar-refractivity contribution in [3.63, 3.8) is 0 Å². The third-order valence-corrected chi connectivity index (χ3v) is 2.20. The van der Waals surface area contributed by atoms with Crippen molar-refractivity contribution in [2.75, 3.05) is 7.05 Å².